The maximum atomic E-state index is 12.9. The van der Waals surface area contributed by atoms with Gasteiger partial charge in [-0.1, -0.05) is 24.3 Å². The first-order chi connectivity index (χ1) is 16.5. The van der Waals surface area contributed by atoms with E-state index in [0.29, 0.717) is 17.9 Å². The molecule has 2 aromatic carbocycles. The highest BCUT2D eigenvalue weighted by molar-refractivity contribution is 5.94. The number of benzene rings is 2. The number of oxazole rings is 1. The normalized spacial score (nSPS) is 17.5. The summed E-state index contributed by atoms with van der Waals surface area (Å²) in [6.45, 7) is 4.29. The van der Waals surface area contributed by atoms with Crippen molar-refractivity contribution < 1.29 is 13.9 Å². The van der Waals surface area contributed by atoms with Gasteiger partial charge in [-0.05, 0) is 71.0 Å². The van der Waals surface area contributed by atoms with Gasteiger partial charge in [0, 0.05) is 24.2 Å². The Balaban J connectivity index is 1.21. The largest absolute Gasteiger partial charge is 0.451 e. The molecule has 1 amide bonds. The average molecular weight is 453 g/mol. The molecule has 0 fully saturated rings. The predicted octanol–water partition coefficient (Wildman–Crippen LogP) is 4.31. The number of hydrogen-bond acceptors (Lipinski definition) is 6. The van der Waals surface area contributed by atoms with Crippen LogP contribution in [-0.2, 0) is 17.7 Å². The summed E-state index contributed by atoms with van der Waals surface area (Å²) in [5.74, 6) is 0.369. The lowest BCUT2D eigenvalue weighted by Gasteiger charge is -2.18. The number of hydrogen-bond donors (Lipinski definition) is 2. The zero-order valence-corrected chi connectivity index (χ0v) is 19.0. The maximum absolute atomic E-state index is 12.9. The molecule has 0 aliphatic carbocycles. The number of ether oxygens (including phenoxy) is 1. The fourth-order valence-electron chi connectivity index (χ4n) is 5.11. The van der Waals surface area contributed by atoms with E-state index in [-0.39, 0.29) is 18.1 Å². The Morgan fingerprint density at radius 3 is 2.53 bits per heavy atom. The van der Waals surface area contributed by atoms with Gasteiger partial charge in [0.1, 0.15) is 24.3 Å². The lowest BCUT2D eigenvalue weighted by atomic mass is 9.84. The van der Waals surface area contributed by atoms with Gasteiger partial charge in [0.15, 0.2) is 6.39 Å². The molecule has 0 saturated carbocycles. The van der Waals surface area contributed by atoms with Crippen LogP contribution in [0.3, 0.4) is 0 Å². The van der Waals surface area contributed by atoms with E-state index in [0.717, 1.165) is 45.6 Å². The molecule has 170 valence electrons. The quantitative estimate of drug-likeness (QED) is 0.468. The van der Waals surface area contributed by atoms with Gasteiger partial charge in [-0.2, -0.15) is 0 Å². The van der Waals surface area contributed by atoms with Crippen LogP contribution in [0.15, 0.2) is 59.5 Å². The molecule has 0 spiro atoms. The first kappa shape index (κ1) is 20.6. The molecule has 2 atom stereocenters. The van der Waals surface area contributed by atoms with Crippen molar-refractivity contribution in [2.45, 2.75) is 39.0 Å². The molecule has 2 unspecified atom stereocenters. The van der Waals surface area contributed by atoms with Crippen molar-refractivity contribution in [2.75, 3.05) is 5.73 Å². The van der Waals surface area contributed by atoms with Crippen molar-refractivity contribution >= 4 is 11.7 Å². The summed E-state index contributed by atoms with van der Waals surface area (Å²) in [7, 11) is 0. The van der Waals surface area contributed by atoms with Crippen LogP contribution >= 0.6 is 0 Å². The molecular weight excluding hydrogens is 428 g/mol. The maximum Gasteiger partial charge on any atom is 0.251 e. The fraction of sp³-hybridized carbons (Fsp3) is 0.222. The van der Waals surface area contributed by atoms with E-state index in [2.05, 4.69) is 33.5 Å². The third-order valence-electron chi connectivity index (χ3n) is 6.77. The Morgan fingerprint density at radius 2 is 1.79 bits per heavy atom. The number of nitrogens with two attached hydrogens (primary N) is 1. The molecular formula is C27H24N4O3. The summed E-state index contributed by atoms with van der Waals surface area (Å²) in [5, 5.41) is 3.03. The average Bonchev–Trinajstić information content (AvgIpc) is 3.54. The van der Waals surface area contributed by atoms with Crippen LogP contribution in [0.4, 0.5) is 5.82 Å². The predicted molar refractivity (Wildman–Crippen MR) is 126 cm³/mol. The van der Waals surface area contributed by atoms with Crippen LogP contribution < -0.4 is 11.1 Å². The molecule has 0 saturated heterocycles. The Morgan fingerprint density at radius 1 is 1.03 bits per heavy atom. The van der Waals surface area contributed by atoms with Gasteiger partial charge < -0.3 is 20.2 Å². The monoisotopic (exact) mass is 452 g/mol. The molecule has 4 heterocycles. The molecule has 7 heteroatoms. The van der Waals surface area contributed by atoms with Crippen LogP contribution in [0.1, 0.15) is 72.9 Å². The molecule has 3 N–H and O–H groups in total. The van der Waals surface area contributed by atoms with Crippen molar-refractivity contribution in [3.05, 3.63) is 111 Å². The lowest BCUT2D eigenvalue weighted by Crippen LogP contribution is -2.24. The number of aryl methyl sites for hydroxylation is 2. The SMILES string of the molecule is Cc1cc(N)nc(C)c1CNC(=O)c1ccc2c(c1)C1OC2c2cc(Cc3cocn3)ccc21. The molecule has 2 aliphatic heterocycles. The minimum atomic E-state index is -0.144. The van der Waals surface area contributed by atoms with E-state index < -0.39 is 0 Å². The van der Waals surface area contributed by atoms with Crippen LogP contribution in [-0.4, -0.2) is 15.9 Å². The first-order valence-electron chi connectivity index (χ1n) is 11.3. The summed E-state index contributed by atoms with van der Waals surface area (Å²) in [6.07, 6.45) is 3.59. The number of nitrogens with one attached hydrogen (secondary N) is 1. The molecule has 0 radical (unpaired) electrons. The van der Waals surface area contributed by atoms with Crippen molar-refractivity contribution in [2.24, 2.45) is 0 Å². The number of nitrogens with zero attached hydrogens (tertiary/aromatic N) is 2. The topological polar surface area (TPSA) is 103 Å². The highest BCUT2D eigenvalue weighted by Gasteiger charge is 2.43. The number of carbonyl (C=O) groups excluding carboxylic acids is 1. The van der Waals surface area contributed by atoms with Crippen LogP contribution in [0.2, 0.25) is 0 Å². The van der Waals surface area contributed by atoms with E-state index >= 15 is 0 Å². The number of carbonyl (C=O) groups is 1. The standard InChI is InChI=1S/C27H24N4O3/c1-14-7-24(28)31-15(2)23(14)11-29-27(32)17-4-6-20-22(10-17)26-19-5-3-16(8-18-12-33-13-30-18)9-21(19)25(20)34-26/h3-7,9-10,12-13,25-26H,8,11H2,1-2H3,(H2,28,31)(H,29,32). The number of amides is 1. The number of nitrogen functional groups attached to an aromatic ring is 1. The number of rotatable bonds is 5. The highest BCUT2D eigenvalue weighted by Crippen LogP contribution is 2.54. The van der Waals surface area contributed by atoms with Gasteiger partial charge in [-0.25, -0.2) is 9.97 Å². The minimum absolute atomic E-state index is 0.101. The van der Waals surface area contributed by atoms with E-state index in [1.165, 1.54) is 17.5 Å². The fourth-order valence-corrected chi connectivity index (χ4v) is 5.11. The Bertz CT molecular complexity index is 1410. The highest BCUT2D eigenvalue weighted by atomic mass is 16.5. The van der Waals surface area contributed by atoms with E-state index in [1.54, 1.807) is 6.26 Å². The van der Waals surface area contributed by atoms with Crippen molar-refractivity contribution in [1.82, 2.24) is 15.3 Å². The van der Waals surface area contributed by atoms with Crippen LogP contribution in [0.25, 0.3) is 0 Å². The smallest absolute Gasteiger partial charge is 0.251 e. The Hall–Kier alpha value is -3.97. The van der Waals surface area contributed by atoms with Crippen LogP contribution in [0, 0.1) is 13.8 Å². The van der Waals surface area contributed by atoms with Crippen molar-refractivity contribution in [3.63, 3.8) is 0 Å². The van der Waals surface area contributed by atoms with E-state index in [1.807, 2.05) is 38.1 Å². The molecule has 7 nitrogen and oxygen atoms in total. The third-order valence-corrected chi connectivity index (χ3v) is 6.77. The zero-order valence-electron chi connectivity index (χ0n) is 19.0. The number of fused-ring (bicyclic) bond motifs is 8. The second-order valence-electron chi connectivity index (χ2n) is 8.97. The molecule has 2 bridgehead atoms. The van der Waals surface area contributed by atoms with E-state index in [9.17, 15) is 4.79 Å². The second kappa shape index (κ2) is 7.81. The van der Waals surface area contributed by atoms with Crippen LogP contribution in [0.5, 0.6) is 0 Å². The Kier molecular flexibility index (Phi) is 4.74. The van der Waals surface area contributed by atoms with Gasteiger partial charge in [-0.3, -0.25) is 4.79 Å². The van der Waals surface area contributed by atoms with Gasteiger partial charge in [0.2, 0.25) is 0 Å². The summed E-state index contributed by atoms with van der Waals surface area (Å²) in [5.41, 5.74) is 15.9. The minimum Gasteiger partial charge on any atom is -0.451 e. The lowest BCUT2D eigenvalue weighted by molar-refractivity contribution is 0.0857. The third kappa shape index (κ3) is 3.36. The molecule has 34 heavy (non-hydrogen) atoms. The molecule has 4 aromatic rings. The van der Waals surface area contributed by atoms with Gasteiger partial charge in [-0.15, -0.1) is 0 Å². The second-order valence-corrected chi connectivity index (χ2v) is 8.97. The summed E-state index contributed by atoms with van der Waals surface area (Å²) < 4.78 is 11.4. The number of anilines is 1. The molecule has 2 aromatic heterocycles. The van der Waals surface area contributed by atoms with Crippen molar-refractivity contribution in [3.8, 4) is 0 Å². The van der Waals surface area contributed by atoms with Crippen molar-refractivity contribution in [1.29, 1.82) is 0 Å². The van der Waals surface area contributed by atoms with Gasteiger partial charge in [0.25, 0.3) is 5.91 Å². The number of aromatic nitrogens is 2. The number of pyridine rings is 1. The molecule has 6 rings (SSSR count). The summed E-state index contributed by atoms with van der Waals surface area (Å²) >= 11 is 0. The Labute approximate surface area is 197 Å². The summed E-state index contributed by atoms with van der Waals surface area (Å²) in [6, 6.07) is 14.1. The van der Waals surface area contributed by atoms with E-state index in [4.69, 9.17) is 14.9 Å². The molecule has 2 aliphatic rings. The first-order valence-corrected chi connectivity index (χ1v) is 11.3. The zero-order chi connectivity index (χ0) is 23.4. The van der Waals surface area contributed by atoms with Gasteiger partial charge >= 0.3 is 0 Å². The summed E-state index contributed by atoms with van der Waals surface area (Å²) in [4.78, 5) is 21.5. The van der Waals surface area contributed by atoms with Gasteiger partial charge in [0.05, 0.1) is 5.69 Å².